The Hall–Kier alpha value is -1.99. The third-order valence-electron chi connectivity index (χ3n) is 3.92. The summed E-state index contributed by atoms with van der Waals surface area (Å²) < 4.78 is 18.9. The Morgan fingerprint density at radius 2 is 2.25 bits per heavy atom. The number of urea groups is 1. The van der Waals surface area contributed by atoms with Crippen molar-refractivity contribution >= 4 is 17.4 Å². The van der Waals surface area contributed by atoms with Gasteiger partial charge in [-0.1, -0.05) is 12.1 Å². The van der Waals surface area contributed by atoms with E-state index >= 15 is 0 Å². The summed E-state index contributed by atoms with van der Waals surface area (Å²) in [6.07, 6.45) is 1.74. The zero-order valence-corrected chi connectivity index (χ0v) is 14.2. The number of nitrogens with zero attached hydrogens (tertiary/aromatic N) is 1. The molecule has 1 aliphatic rings. The quantitative estimate of drug-likeness (QED) is 0.870. The molecule has 2 heterocycles. The van der Waals surface area contributed by atoms with Crippen LogP contribution >= 0.6 is 11.3 Å². The van der Waals surface area contributed by atoms with Crippen LogP contribution in [0.25, 0.3) is 0 Å². The van der Waals surface area contributed by atoms with Crippen LogP contribution in [0.3, 0.4) is 0 Å². The molecule has 0 aliphatic carbocycles. The van der Waals surface area contributed by atoms with Gasteiger partial charge in [-0.05, 0) is 37.5 Å². The minimum absolute atomic E-state index is 0.0941. The fourth-order valence-electron chi connectivity index (χ4n) is 2.76. The van der Waals surface area contributed by atoms with E-state index in [4.69, 9.17) is 4.74 Å². The number of thiazole rings is 1. The molecule has 7 heteroatoms. The van der Waals surface area contributed by atoms with Crippen molar-refractivity contribution in [1.82, 2.24) is 15.6 Å². The maximum absolute atomic E-state index is 13.2. The van der Waals surface area contributed by atoms with Crippen LogP contribution in [0.5, 0.6) is 0 Å². The first kappa shape index (κ1) is 16.9. The van der Waals surface area contributed by atoms with Gasteiger partial charge in [-0.2, -0.15) is 0 Å². The van der Waals surface area contributed by atoms with Crippen molar-refractivity contribution in [2.75, 3.05) is 6.61 Å². The molecule has 1 saturated heterocycles. The van der Waals surface area contributed by atoms with E-state index in [1.807, 2.05) is 12.3 Å². The summed E-state index contributed by atoms with van der Waals surface area (Å²) in [6.45, 7) is 2.98. The number of aromatic nitrogens is 1. The molecule has 0 unspecified atom stereocenters. The summed E-state index contributed by atoms with van der Waals surface area (Å²) in [7, 11) is 0. The minimum atomic E-state index is -0.300. The molecular formula is C17H20FN3O2S. The lowest BCUT2D eigenvalue weighted by Crippen LogP contribution is -2.42. The number of hydrogen-bond donors (Lipinski definition) is 2. The van der Waals surface area contributed by atoms with Crippen LogP contribution in [0.4, 0.5) is 9.18 Å². The number of hydrogen-bond acceptors (Lipinski definition) is 4. The Labute approximate surface area is 144 Å². The number of carbonyl (C=O) groups excluding carboxylic acids is 1. The Morgan fingerprint density at radius 1 is 1.46 bits per heavy atom. The van der Waals surface area contributed by atoms with E-state index in [1.165, 1.54) is 23.5 Å². The number of amides is 2. The van der Waals surface area contributed by atoms with Crippen molar-refractivity contribution in [2.24, 2.45) is 0 Å². The van der Waals surface area contributed by atoms with Crippen LogP contribution in [-0.2, 0) is 11.3 Å². The predicted molar refractivity (Wildman–Crippen MR) is 90.3 cm³/mol. The van der Waals surface area contributed by atoms with Crippen LogP contribution in [-0.4, -0.2) is 23.7 Å². The number of aryl methyl sites for hydroxylation is 1. The highest BCUT2D eigenvalue weighted by atomic mass is 32.1. The molecule has 0 radical (unpaired) electrons. The zero-order chi connectivity index (χ0) is 16.9. The topological polar surface area (TPSA) is 63.2 Å². The van der Waals surface area contributed by atoms with Crippen molar-refractivity contribution in [3.8, 4) is 0 Å². The molecule has 128 valence electrons. The smallest absolute Gasteiger partial charge is 0.315 e. The predicted octanol–water partition coefficient (Wildman–Crippen LogP) is 3.31. The van der Waals surface area contributed by atoms with Gasteiger partial charge in [0.1, 0.15) is 10.8 Å². The van der Waals surface area contributed by atoms with E-state index in [0.717, 1.165) is 29.1 Å². The van der Waals surface area contributed by atoms with E-state index in [9.17, 15) is 9.18 Å². The van der Waals surface area contributed by atoms with Crippen molar-refractivity contribution in [1.29, 1.82) is 0 Å². The molecule has 24 heavy (non-hydrogen) atoms. The number of rotatable bonds is 5. The second-order valence-corrected chi connectivity index (χ2v) is 6.73. The number of halogens is 1. The van der Waals surface area contributed by atoms with Crippen molar-refractivity contribution < 1.29 is 13.9 Å². The van der Waals surface area contributed by atoms with E-state index < -0.39 is 0 Å². The molecule has 5 nitrogen and oxygen atoms in total. The SMILES string of the molecule is Cc1csc(CNC(=O)N[C@@H](c2ccc(F)cc2)[C@@H]2CCCO2)n1. The van der Waals surface area contributed by atoms with Gasteiger partial charge in [0.2, 0.25) is 0 Å². The summed E-state index contributed by atoms with van der Waals surface area (Å²) in [4.78, 5) is 16.6. The van der Waals surface area contributed by atoms with Crippen molar-refractivity contribution in [3.05, 3.63) is 51.7 Å². The van der Waals surface area contributed by atoms with Crippen LogP contribution in [0.15, 0.2) is 29.6 Å². The molecule has 2 aromatic rings. The normalized spacial score (nSPS) is 18.3. The highest BCUT2D eigenvalue weighted by Crippen LogP contribution is 2.27. The molecule has 1 aromatic carbocycles. The first-order valence-electron chi connectivity index (χ1n) is 7.94. The van der Waals surface area contributed by atoms with Crippen LogP contribution in [0.1, 0.15) is 35.1 Å². The molecule has 1 fully saturated rings. The Kier molecular flexibility index (Phi) is 5.42. The average molecular weight is 349 g/mol. The van der Waals surface area contributed by atoms with Crippen LogP contribution < -0.4 is 10.6 Å². The second kappa shape index (κ2) is 7.72. The van der Waals surface area contributed by atoms with E-state index in [0.29, 0.717) is 13.2 Å². The maximum Gasteiger partial charge on any atom is 0.315 e. The standard InChI is InChI=1S/C17H20FN3O2S/c1-11-10-24-15(20-11)9-19-17(22)21-16(14-3-2-8-23-14)12-4-6-13(18)7-5-12/h4-7,10,14,16H,2-3,8-9H2,1H3,(H2,19,21,22)/t14-,16-/m0/s1. The summed E-state index contributed by atoms with van der Waals surface area (Å²) in [5, 5.41) is 8.57. The number of ether oxygens (including phenoxy) is 1. The third-order valence-corrected chi connectivity index (χ3v) is 4.89. The van der Waals surface area contributed by atoms with Gasteiger partial charge in [0.15, 0.2) is 0 Å². The molecule has 3 rings (SSSR count). The van der Waals surface area contributed by atoms with Crippen molar-refractivity contribution in [2.45, 2.75) is 38.5 Å². The molecule has 0 spiro atoms. The number of carbonyl (C=O) groups is 1. The van der Waals surface area contributed by atoms with Gasteiger partial charge in [-0.15, -0.1) is 11.3 Å². The van der Waals surface area contributed by atoms with Crippen molar-refractivity contribution in [3.63, 3.8) is 0 Å². The van der Waals surface area contributed by atoms with Gasteiger partial charge in [0.05, 0.1) is 18.7 Å². The van der Waals surface area contributed by atoms with Gasteiger partial charge in [0, 0.05) is 17.7 Å². The molecule has 0 bridgehead atoms. The lowest BCUT2D eigenvalue weighted by Gasteiger charge is -2.24. The molecule has 2 amide bonds. The highest BCUT2D eigenvalue weighted by molar-refractivity contribution is 7.09. The third kappa shape index (κ3) is 4.30. The average Bonchev–Trinajstić information content (AvgIpc) is 3.23. The zero-order valence-electron chi connectivity index (χ0n) is 13.4. The molecular weight excluding hydrogens is 329 g/mol. The molecule has 2 N–H and O–H groups in total. The summed E-state index contributed by atoms with van der Waals surface area (Å²) in [6, 6.07) is 5.58. The van der Waals surface area contributed by atoms with Crippen LogP contribution in [0.2, 0.25) is 0 Å². The fourth-order valence-corrected chi connectivity index (χ4v) is 3.47. The van der Waals surface area contributed by atoms with Gasteiger partial charge in [-0.25, -0.2) is 14.2 Å². The molecule has 1 aromatic heterocycles. The maximum atomic E-state index is 13.2. The summed E-state index contributed by atoms with van der Waals surface area (Å²) in [5.41, 5.74) is 1.78. The number of nitrogens with one attached hydrogen (secondary N) is 2. The minimum Gasteiger partial charge on any atom is -0.376 e. The van der Waals surface area contributed by atoms with Gasteiger partial charge < -0.3 is 15.4 Å². The van der Waals surface area contributed by atoms with Gasteiger partial charge in [-0.3, -0.25) is 0 Å². The first-order chi connectivity index (χ1) is 11.6. The lowest BCUT2D eigenvalue weighted by atomic mass is 9.99. The lowest BCUT2D eigenvalue weighted by molar-refractivity contribution is 0.0807. The van der Waals surface area contributed by atoms with Crippen LogP contribution in [0, 0.1) is 12.7 Å². The Bertz CT molecular complexity index is 683. The first-order valence-corrected chi connectivity index (χ1v) is 8.82. The van der Waals surface area contributed by atoms with Gasteiger partial charge >= 0.3 is 6.03 Å². The molecule has 2 atom stereocenters. The summed E-state index contributed by atoms with van der Waals surface area (Å²) >= 11 is 1.51. The van der Waals surface area contributed by atoms with Gasteiger partial charge in [0.25, 0.3) is 0 Å². The second-order valence-electron chi connectivity index (χ2n) is 5.79. The monoisotopic (exact) mass is 349 g/mol. The van der Waals surface area contributed by atoms with E-state index in [1.54, 1.807) is 12.1 Å². The fraction of sp³-hybridized carbons (Fsp3) is 0.412. The van der Waals surface area contributed by atoms with E-state index in [2.05, 4.69) is 15.6 Å². The Balaban J connectivity index is 1.64. The summed E-state index contributed by atoms with van der Waals surface area (Å²) in [5.74, 6) is -0.298. The van der Waals surface area contributed by atoms with E-state index in [-0.39, 0.29) is 24.0 Å². The number of benzene rings is 1. The Morgan fingerprint density at radius 3 is 2.88 bits per heavy atom. The largest absolute Gasteiger partial charge is 0.376 e. The molecule has 1 aliphatic heterocycles. The highest BCUT2D eigenvalue weighted by Gasteiger charge is 2.28. The molecule has 0 saturated carbocycles.